The summed E-state index contributed by atoms with van der Waals surface area (Å²) in [6.45, 7) is 8.21. The molecule has 0 spiro atoms. The summed E-state index contributed by atoms with van der Waals surface area (Å²) in [5, 5.41) is 2.82. The van der Waals surface area contributed by atoms with Crippen LogP contribution in [-0.2, 0) is 9.53 Å². The van der Waals surface area contributed by atoms with Gasteiger partial charge in [0.25, 0.3) is 11.8 Å². The average Bonchev–Trinajstić information content (AvgIpc) is 3.18. The molecular formula is C23H24N2O6S. The molecule has 0 aliphatic carbocycles. The third kappa shape index (κ3) is 3.95. The molecule has 8 nitrogen and oxygen atoms in total. The Morgan fingerprint density at radius 1 is 1.09 bits per heavy atom. The zero-order valence-corrected chi connectivity index (χ0v) is 19.3. The number of Topliss-reactive ketones (excluding diaryl/α,β-unsaturated/α-hetero) is 1. The Morgan fingerprint density at radius 2 is 1.66 bits per heavy atom. The van der Waals surface area contributed by atoms with Crippen LogP contribution >= 0.6 is 11.3 Å². The van der Waals surface area contributed by atoms with E-state index in [0.29, 0.717) is 10.4 Å². The lowest BCUT2D eigenvalue weighted by Crippen LogP contribution is -2.50. The number of anilines is 1. The lowest BCUT2D eigenvalue weighted by Gasteiger charge is -2.28. The van der Waals surface area contributed by atoms with Crippen LogP contribution in [0.25, 0.3) is 0 Å². The lowest BCUT2D eigenvalue weighted by molar-refractivity contribution is -0.121. The number of hydrogen-bond acceptors (Lipinski definition) is 7. The third-order valence-electron chi connectivity index (χ3n) is 5.19. The summed E-state index contributed by atoms with van der Waals surface area (Å²) < 4.78 is 5.09. The Labute approximate surface area is 189 Å². The van der Waals surface area contributed by atoms with Crippen LogP contribution in [0, 0.1) is 12.8 Å². The first-order chi connectivity index (χ1) is 15.1. The first kappa shape index (κ1) is 23.3. The Morgan fingerprint density at radius 3 is 2.12 bits per heavy atom. The molecule has 1 aromatic carbocycles. The number of hydrogen-bond donors (Lipinski definition) is 1. The molecule has 2 heterocycles. The van der Waals surface area contributed by atoms with E-state index in [1.54, 1.807) is 52.0 Å². The number of imide groups is 1. The fourth-order valence-electron chi connectivity index (χ4n) is 3.75. The van der Waals surface area contributed by atoms with Crippen LogP contribution in [0.1, 0.15) is 74.0 Å². The molecule has 0 fully saturated rings. The monoisotopic (exact) mass is 456 g/mol. The Bertz CT molecular complexity index is 1100. The van der Waals surface area contributed by atoms with Crippen LogP contribution in [0.15, 0.2) is 24.3 Å². The fourth-order valence-corrected chi connectivity index (χ4v) is 4.84. The van der Waals surface area contributed by atoms with Gasteiger partial charge in [0.1, 0.15) is 11.0 Å². The second-order valence-electron chi connectivity index (χ2n) is 7.74. The van der Waals surface area contributed by atoms with Crippen molar-refractivity contribution in [2.45, 2.75) is 40.7 Å². The molecule has 0 unspecified atom stereocenters. The van der Waals surface area contributed by atoms with E-state index in [9.17, 15) is 24.0 Å². The van der Waals surface area contributed by atoms with Crippen LogP contribution in [0.3, 0.4) is 0 Å². The molecule has 1 atom stereocenters. The number of rotatable bonds is 7. The molecule has 9 heteroatoms. The van der Waals surface area contributed by atoms with Gasteiger partial charge in [-0.2, -0.15) is 0 Å². The number of nitrogens with zero attached hydrogens (tertiary/aromatic N) is 1. The molecule has 0 saturated heterocycles. The second-order valence-corrected chi connectivity index (χ2v) is 8.76. The standard InChI is InChI=1S/C23H24N2O6S/c1-6-31-23(30)16-12(4)18(13(5)26)32-20(16)24-19(27)17(11(2)3)25-21(28)14-9-7-8-10-15(14)22(25)29/h7-11,17H,6H2,1-5H3,(H,24,27)/t17-/m1/s1. The van der Waals surface area contributed by atoms with Crippen LogP contribution in [0.4, 0.5) is 5.00 Å². The van der Waals surface area contributed by atoms with E-state index in [1.165, 1.54) is 6.92 Å². The zero-order valence-electron chi connectivity index (χ0n) is 18.5. The van der Waals surface area contributed by atoms with E-state index in [4.69, 9.17) is 4.74 Å². The Kier molecular flexibility index (Phi) is 6.59. The van der Waals surface area contributed by atoms with Gasteiger partial charge in [-0.1, -0.05) is 26.0 Å². The van der Waals surface area contributed by atoms with Crippen molar-refractivity contribution in [1.29, 1.82) is 0 Å². The maximum Gasteiger partial charge on any atom is 0.341 e. The van der Waals surface area contributed by atoms with Crippen molar-refractivity contribution in [2.24, 2.45) is 5.92 Å². The summed E-state index contributed by atoms with van der Waals surface area (Å²) in [6.07, 6.45) is 0. The van der Waals surface area contributed by atoms with Gasteiger partial charge in [0, 0.05) is 0 Å². The van der Waals surface area contributed by atoms with Crippen molar-refractivity contribution < 1.29 is 28.7 Å². The molecule has 2 aromatic rings. The van der Waals surface area contributed by atoms with Gasteiger partial charge in [-0.05, 0) is 44.4 Å². The predicted molar refractivity (Wildman–Crippen MR) is 119 cm³/mol. The summed E-state index contributed by atoms with van der Waals surface area (Å²) >= 11 is 0.967. The summed E-state index contributed by atoms with van der Waals surface area (Å²) in [6, 6.07) is 5.29. The van der Waals surface area contributed by atoms with Gasteiger partial charge in [0.15, 0.2) is 5.78 Å². The number of ketones is 1. The van der Waals surface area contributed by atoms with Crippen molar-refractivity contribution in [3.05, 3.63) is 51.4 Å². The topological polar surface area (TPSA) is 110 Å². The number of esters is 1. The van der Waals surface area contributed by atoms with Gasteiger partial charge in [0.05, 0.1) is 28.2 Å². The van der Waals surface area contributed by atoms with E-state index in [-0.39, 0.29) is 34.1 Å². The van der Waals surface area contributed by atoms with E-state index in [2.05, 4.69) is 5.32 Å². The minimum absolute atomic E-state index is 0.0975. The first-order valence-electron chi connectivity index (χ1n) is 10.2. The molecule has 3 amide bonds. The fraction of sp³-hybridized carbons (Fsp3) is 0.348. The minimum atomic E-state index is -1.11. The molecule has 1 aliphatic heterocycles. The molecule has 3 rings (SSSR count). The highest BCUT2D eigenvalue weighted by Gasteiger charge is 2.44. The van der Waals surface area contributed by atoms with E-state index >= 15 is 0 Å². The summed E-state index contributed by atoms with van der Waals surface area (Å²) in [5.41, 5.74) is 1.00. The first-order valence-corrected chi connectivity index (χ1v) is 11.0. The maximum atomic E-state index is 13.3. The lowest BCUT2D eigenvalue weighted by atomic mass is 10.0. The number of carbonyl (C=O) groups is 5. The SMILES string of the molecule is CCOC(=O)c1c(NC(=O)[C@@H](C(C)C)N2C(=O)c3ccccc3C2=O)sc(C(C)=O)c1C. The van der Waals surface area contributed by atoms with Crippen LogP contribution in [0.2, 0.25) is 0 Å². The number of thiophene rings is 1. The second kappa shape index (κ2) is 9.04. The van der Waals surface area contributed by atoms with Crippen molar-refractivity contribution in [3.8, 4) is 0 Å². The molecule has 0 radical (unpaired) electrons. The zero-order chi connectivity index (χ0) is 23.7. The third-order valence-corrected chi connectivity index (χ3v) is 6.49. The summed E-state index contributed by atoms with van der Waals surface area (Å²) in [7, 11) is 0. The molecule has 1 aliphatic rings. The number of amides is 3. The van der Waals surface area contributed by atoms with E-state index in [0.717, 1.165) is 16.2 Å². The highest BCUT2D eigenvalue weighted by Crippen LogP contribution is 2.35. The van der Waals surface area contributed by atoms with Gasteiger partial charge in [-0.15, -0.1) is 11.3 Å². The largest absolute Gasteiger partial charge is 0.462 e. The van der Waals surface area contributed by atoms with Gasteiger partial charge >= 0.3 is 5.97 Å². The van der Waals surface area contributed by atoms with E-state index in [1.807, 2.05) is 0 Å². The highest BCUT2D eigenvalue weighted by molar-refractivity contribution is 7.18. The molecule has 1 aromatic heterocycles. The smallest absolute Gasteiger partial charge is 0.341 e. The van der Waals surface area contributed by atoms with Crippen molar-refractivity contribution in [1.82, 2.24) is 4.90 Å². The van der Waals surface area contributed by atoms with Gasteiger partial charge < -0.3 is 10.1 Å². The van der Waals surface area contributed by atoms with Crippen molar-refractivity contribution >= 4 is 45.8 Å². The molecule has 168 valence electrons. The minimum Gasteiger partial charge on any atom is -0.462 e. The summed E-state index contributed by atoms with van der Waals surface area (Å²) in [4.78, 5) is 65.0. The van der Waals surface area contributed by atoms with Crippen LogP contribution in [-0.4, -0.2) is 47.0 Å². The normalized spacial score (nSPS) is 13.9. The number of fused-ring (bicyclic) bond motifs is 1. The number of carbonyl (C=O) groups excluding carboxylic acids is 5. The van der Waals surface area contributed by atoms with Crippen molar-refractivity contribution in [2.75, 3.05) is 11.9 Å². The van der Waals surface area contributed by atoms with Crippen molar-refractivity contribution in [3.63, 3.8) is 0 Å². The molecule has 0 bridgehead atoms. The van der Waals surface area contributed by atoms with Gasteiger partial charge in [0.2, 0.25) is 5.91 Å². The summed E-state index contributed by atoms with van der Waals surface area (Å²) in [5.74, 6) is -3.04. The maximum absolute atomic E-state index is 13.3. The Balaban J connectivity index is 1.99. The number of nitrogens with one attached hydrogen (secondary N) is 1. The van der Waals surface area contributed by atoms with Gasteiger partial charge in [-0.3, -0.25) is 24.1 Å². The molecular weight excluding hydrogens is 432 g/mol. The number of ether oxygens (including phenoxy) is 1. The Hall–Kier alpha value is -3.33. The average molecular weight is 457 g/mol. The quantitative estimate of drug-likeness (QED) is 0.387. The molecule has 0 saturated carbocycles. The number of benzene rings is 1. The highest BCUT2D eigenvalue weighted by atomic mass is 32.1. The van der Waals surface area contributed by atoms with Gasteiger partial charge in [-0.25, -0.2) is 4.79 Å². The predicted octanol–water partition coefficient (Wildman–Crippen LogP) is 3.70. The molecule has 1 N–H and O–H groups in total. The van der Waals surface area contributed by atoms with E-state index < -0.39 is 35.7 Å². The molecule has 32 heavy (non-hydrogen) atoms. The van der Waals surface area contributed by atoms with Crippen LogP contribution < -0.4 is 5.32 Å². The van der Waals surface area contributed by atoms with Crippen LogP contribution in [0.5, 0.6) is 0 Å².